The Hall–Kier alpha value is -3.13. The number of rotatable bonds is 5. The van der Waals surface area contributed by atoms with E-state index in [0.717, 1.165) is 26.5 Å². The van der Waals surface area contributed by atoms with Crippen molar-refractivity contribution in [3.05, 3.63) is 53.5 Å². The van der Waals surface area contributed by atoms with Crippen molar-refractivity contribution in [3.63, 3.8) is 0 Å². The molecule has 0 aliphatic carbocycles. The average Bonchev–Trinajstić information content (AvgIpc) is 3.25. The summed E-state index contributed by atoms with van der Waals surface area (Å²) in [4.78, 5) is 16.8. The zero-order chi connectivity index (χ0) is 17.9. The van der Waals surface area contributed by atoms with Crippen LogP contribution < -0.4 is 5.32 Å². The van der Waals surface area contributed by atoms with Gasteiger partial charge in [0.2, 0.25) is 5.91 Å². The molecule has 7 nitrogen and oxygen atoms in total. The number of hydrogen-bond acceptors (Lipinski definition) is 6. The van der Waals surface area contributed by atoms with E-state index in [2.05, 4.69) is 25.8 Å². The second-order valence-corrected chi connectivity index (χ2v) is 6.95. The number of carbonyl (C=O) groups excluding carboxylic acids is 1. The predicted octanol–water partition coefficient (Wildman–Crippen LogP) is 3.06. The number of carbonyl (C=O) groups is 1. The molecule has 4 rings (SSSR count). The molecule has 2 aromatic heterocycles. The van der Waals surface area contributed by atoms with Gasteiger partial charge in [0.15, 0.2) is 5.82 Å². The zero-order valence-corrected chi connectivity index (χ0v) is 14.9. The van der Waals surface area contributed by atoms with Crippen molar-refractivity contribution in [2.24, 2.45) is 7.05 Å². The average molecular weight is 364 g/mol. The van der Waals surface area contributed by atoms with Gasteiger partial charge in [-0.05, 0) is 34.7 Å². The number of thiazole rings is 1. The Bertz CT molecular complexity index is 1040. The van der Waals surface area contributed by atoms with Gasteiger partial charge in [0, 0.05) is 31.1 Å². The molecule has 0 bridgehead atoms. The molecule has 4 aromatic rings. The summed E-state index contributed by atoms with van der Waals surface area (Å²) in [5.74, 6) is 0.605. The zero-order valence-electron chi connectivity index (χ0n) is 14.1. The summed E-state index contributed by atoms with van der Waals surface area (Å²) in [6.45, 7) is 0. The number of benzene rings is 2. The van der Waals surface area contributed by atoms with E-state index >= 15 is 0 Å². The van der Waals surface area contributed by atoms with Gasteiger partial charge >= 0.3 is 0 Å². The van der Waals surface area contributed by atoms with Crippen LogP contribution in [0.3, 0.4) is 0 Å². The second kappa shape index (κ2) is 7.01. The summed E-state index contributed by atoms with van der Waals surface area (Å²) in [6.07, 6.45) is 1.01. The Morgan fingerprint density at radius 2 is 2.08 bits per heavy atom. The van der Waals surface area contributed by atoms with Gasteiger partial charge in [-0.1, -0.05) is 24.3 Å². The Labute approximate surface area is 153 Å². The Morgan fingerprint density at radius 1 is 1.19 bits per heavy atom. The Kier molecular flexibility index (Phi) is 4.40. The van der Waals surface area contributed by atoms with Gasteiger partial charge in [0.25, 0.3) is 0 Å². The van der Waals surface area contributed by atoms with Crippen LogP contribution in [0.5, 0.6) is 0 Å². The highest BCUT2D eigenvalue weighted by Gasteiger charge is 2.10. The van der Waals surface area contributed by atoms with Gasteiger partial charge in [0.05, 0.1) is 15.2 Å². The van der Waals surface area contributed by atoms with Crippen molar-refractivity contribution in [1.29, 1.82) is 0 Å². The summed E-state index contributed by atoms with van der Waals surface area (Å²) in [5, 5.41) is 15.4. The number of nitrogens with one attached hydrogen (secondary N) is 1. The van der Waals surface area contributed by atoms with Crippen molar-refractivity contribution in [2.45, 2.75) is 12.8 Å². The predicted molar refractivity (Wildman–Crippen MR) is 101 cm³/mol. The molecule has 0 atom stereocenters. The monoisotopic (exact) mass is 364 g/mol. The lowest BCUT2D eigenvalue weighted by molar-refractivity contribution is -0.116. The number of anilines is 1. The van der Waals surface area contributed by atoms with Crippen LogP contribution in [0.1, 0.15) is 11.4 Å². The largest absolute Gasteiger partial charge is 0.326 e. The highest BCUT2D eigenvalue weighted by molar-refractivity contribution is 7.18. The summed E-state index contributed by atoms with van der Waals surface area (Å²) in [6, 6.07) is 15.5. The quantitative estimate of drug-likeness (QED) is 0.588. The fraction of sp³-hybridized carbons (Fsp3) is 0.167. The summed E-state index contributed by atoms with van der Waals surface area (Å²) < 4.78 is 2.74. The topological polar surface area (TPSA) is 85.6 Å². The molecule has 1 N–H and O–H groups in total. The molecular formula is C18H16N6OS. The van der Waals surface area contributed by atoms with Gasteiger partial charge in [0.1, 0.15) is 0 Å². The molecule has 0 radical (unpaired) electrons. The van der Waals surface area contributed by atoms with Crippen LogP contribution in [-0.4, -0.2) is 31.1 Å². The van der Waals surface area contributed by atoms with Crippen LogP contribution in [0, 0.1) is 0 Å². The lowest BCUT2D eigenvalue weighted by Crippen LogP contribution is -2.12. The van der Waals surface area contributed by atoms with Gasteiger partial charge < -0.3 is 5.32 Å². The van der Waals surface area contributed by atoms with E-state index in [0.29, 0.717) is 18.7 Å². The smallest absolute Gasteiger partial charge is 0.224 e. The molecule has 1 amide bonds. The van der Waals surface area contributed by atoms with Crippen molar-refractivity contribution in [1.82, 2.24) is 25.2 Å². The van der Waals surface area contributed by atoms with Crippen LogP contribution >= 0.6 is 11.3 Å². The Morgan fingerprint density at radius 3 is 2.88 bits per heavy atom. The summed E-state index contributed by atoms with van der Waals surface area (Å²) in [7, 11) is 1.78. The fourth-order valence-corrected chi connectivity index (χ4v) is 3.65. The molecule has 26 heavy (non-hydrogen) atoms. The number of aromatic nitrogens is 5. The second-order valence-electron chi connectivity index (χ2n) is 5.83. The van der Waals surface area contributed by atoms with E-state index < -0.39 is 0 Å². The van der Waals surface area contributed by atoms with Gasteiger partial charge in [-0.2, -0.15) is 0 Å². The van der Waals surface area contributed by atoms with Crippen molar-refractivity contribution in [3.8, 4) is 11.4 Å². The molecule has 0 fully saturated rings. The van der Waals surface area contributed by atoms with Crippen molar-refractivity contribution < 1.29 is 4.79 Å². The molecule has 130 valence electrons. The highest BCUT2D eigenvalue weighted by atomic mass is 32.1. The first-order chi connectivity index (χ1) is 12.7. The molecule has 0 spiro atoms. The van der Waals surface area contributed by atoms with E-state index in [1.54, 1.807) is 23.1 Å². The fourth-order valence-electron chi connectivity index (χ4n) is 2.68. The van der Waals surface area contributed by atoms with Crippen LogP contribution in [0.2, 0.25) is 0 Å². The number of hydrogen-bond donors (Lipinski definition) is 1. The minimum Gasteiger partial charge on any atom is -0.326 e. The number of tetrazole rings is 1. The first kappa shape index (κ1) is 16.3. The lowest BCUT2D eigenvalue weighted by atomic mass is 10.2. The molecule has 2 aromatic carbocycles. The van der Waals surface area contributed by atoms with Crippen molar-refractivity contribution in [2.75, 3.05) is 5.32 Å². The maximum absolute atomic E-state index is 12.3. The molecule has 0 saturated carbocycles. The third kappa shape index (κ3) is 3.45. The van der Waals surface area contributed by atoms with Gasteiger partial charge in [-0.25, -0.2) is 9.67 Å². The first-order valence-corrected chi connectivity index (χ1v) is 8.98. The maximum atomic E-state index is 12.3. The molecule has 0 aliphatic rings. The lowest BCUT2D eigenvalue weighted by Gasteiger charge is -2.06. The van der Waals surface area contributed by atoms with E-state index in [9.17, 15) is 4.79 Å². The van der Waals surface area contributed by atoms with Gasteiger partial charge in [-0.15, -0.1) is 16.4 Å². The van der Waals surface area contributed by atoms with Crippen LogP contribution in [0.25, 0.3) is 21.6 Å². The van der Waals surface area contributed by atoms with Crippen LogP contribution in [-0.2, 0) is 18.3 Å². The third-order valence-corrected chi connectivity index (χ3v) is 5.02. The number of nitrogens with zero attached hydrogens (tertiary/aromatic N) is 5. The third-order valence-electron chi connectivity index (χ3n) is 3.93. The number of aryl methyl sites for hydroxylation is 2. The summed E-state index contributed by atoms with van der Waals surface area (Å²) >= 11 is 1.63. The standard InChI is InChI=1S/C18H16N6OS/c1-24-18(21-22-23-24)12-5-4-6-13(11-12)19-16(25)9-10-17-20-14-7-2-3-8-15(14)26-17/h2-8,11H,9-10H2,1H3,(H,19,25). The van der Waals surface area contributed by atoms with Crippen LogP contribution in [0.15, 0.2) is 48.5 Å². The minimum absolute atomic E-state index is 0.0440. The highest BCUT2D eigenvalue weighted by Crippen LogP contribution is 2.23. The normalized spacial score (nSPS) is 11.0. The molecule has 2 heterocycles. The molecule has 0 unspecified atom stereocenters. The number of amides is 1. The minimum atomic E-state index is -0.0440. The van der Waals surface area contributed by atoms with Gasteiger partial charge in [-0.3, -0.25) is 4.79 Å². The van der Waals surface area contributed by atoms with Crippen molar-refractivity contribution >= 4 is 33.1 Å². The SMILES string of the molecule is Cn1nnnc1-c1cccc(NC(=O)CCc2nc3ccccc3s2)c1. The molecule has 0 saturated heterocycles. The molecule has 8 heteroatoms. The molecular weight excluding hydrogens is 348 g/mol. The first-order valence-electron chi connectivity index (χ1n) is 8.16. The van der Waals surface area contributed by atoms with E-state index in [4.69, 9.17) is 0 Å². The van der Waals surface area contributed by atoms with E-state index in [1.807, 2.05) is 48.5 Å². The number of para-hydroxylation sites is 1. The van der Waals surface area contributed by atoms with E-state index in [-0.39, 0.29) is 5.91 Å². The summed E-state index contributed by atoms with van der Waals surface area (Å²) in [5.41, 5.74) is 2.55. The van der Waals surface area contributed by atoms with E-state index in [1.165, 1.54) is 0 Å². The molecule has 0 aliphatic heterocycles. The number of fused-ring (bicyclic) bond motifs is 1. The van der Waals surface area contributed by atoms with Crippen LogP contribution in [0.4, 0.5) is 5.69 Å². The Balaban J connectivity index is 1.41. The maximum Gasteiger partial charge on any atom is 0.224 e.